The monoisotopic (exact) mass is 248 g/mol. The molecule has 0 bridgehead atoms. The lowest BCUT2D eigenvalue weighted by molar-refractivity contribution is 0.0935. The van der Waals surface area contributed by atoms with Gasteiger partial charge >= 0.3 is 0 Å². The third-order valence-electron chi connectivity index (χ3n) is 3.33. The van der Waals surface area contributed by atoms with Crippen LogP contribution in [0.1, 0.15) is 30.3 Å². The lowest BCUT2D eigenvalue weighted by atomic mass is 10.2. The van der Waals surface area contributed by atoms with Gasteiger partial charge < -0.3 is 11.1 Å². The van der Waals surface area contributed by atoms with Crippen molar-refractivity contribution in [3.05, 3.63) is 23.9 Å². The van der Waals surface area contributed by atoms with Crippen LogP contribution in [-0.4, -0.2) is 41.5 Å². The molecule has 1 amide bonds. The van der Waals surface area contributed by atoms with E-state index in [0.717, 1.165) is 13.1 Å². The maximum Gasteiger partial charge on any atom is 0.270 e. The molecule has 0 radical (unpaired) electrons. The molecule has 1 aromatic heterocycles. The first kappa shape index (κ1) is 12.8. The fourth-order valence-electron chi connectivity index (χ4n) is 2.22. The summed E-state index contributed by atoms with van der Waals surface area (Å²) in [5.41, 5.74) is 5.93. The van der Waals surface area contributed by atoms with E-state index in [1.54, 1.807) is 18.2 Å². The molecule has 0 spiro atoms. The van der Waals surface area contributed by atoms with E-state index in [0.29, 0.717) is 24.1 Å². The maximum atomic E-state index is 11.9. The van der Waals surface area contributed by atoms with Gasteiger partial charge in [-0.1, -0.05) is 6.07 Å². The zero-order valence-electron chi connectivity index (χ0n) is 10.7. The van der Waals surface area contributed by atoms with E-state index in [2.05, 4.69) is 22.1 Å². The number of carbonyl (C=O) groups is 1. The number of nitrogen functional groups attached to an aromatic ring is 1. The molecule has 1 aliphatic heterocycles. The summed E-state index contributed by atoms with van der Waals surface area (Å²) in [6.07, 6.45) is 2.52. The number of nitrogens with zero attached hydrogens (tertiary/aromatic N) is 2. The average molecular weight is 248 g/mol. The summed E-state index contributed by atoms with van der Waals surface area (Å²) in [6, 6.07) is 5.45. The van der Waals surface area contributed by atoms with Gasteiger partial charge in [0.25, 0.3) is 5.91 Å². The van der Waals surface area contributed by atoms with Gasteiger partial charge in [0.15, 0.2) is 0 Å². The Morgan fingerprint density at radius 2 is 2.22 bits per heavy atom. The van der Waals surface area contributed by atoms with Gasteiger partial charge in [-0.3, -0.25) is 9.69 Å². The number of carbonyl (C=O) groups excluding carboxylic acids is 1. The van der Waals surface area contributed by atoms with Gasteiger partial charge in [-0.2, -0.15) is 0 Å². The first-order chi connectivity index (χ1) is 8.66. The van der Waals surface area contributed by atoms with Crippen LogP contribution < -0.4 is 11.1 Å². The smallest absolute Gasteiger partial charge is 0.270 e. The van der Waals surface area contributed by atoms with E-state index in [1.165, 1.54) is 12.8 Å². The van der Waals surface area contributed by atoms with Crippen LogP contribution in [0.4, 0.5) is 5.82 Å². The van der Waals surface area contributed by atoms with Crippen molar-refractivity contribution in [1.82, 2.24) is 15.2 Å². The molecule has 5 nitrogen and oxygen atoms in total. The van der Waals surface area contributed by atoms with Crippen LogP contribution in [-0.2, 0) is 0 Å². The summed E-state index contributed by atoms with van der Waals surface area (Å²) in [7, 11) is 0. The molecule has 1 fully saturated rings. The second kappa shape index (κ2) is 5.82. The van der Waals surface area contributed by atoms with Crippen LogP contribution in [0.3, 0.4) is 0 Å². The fraction of sp³-hybridized carbons (Fsp3) is 0.538. The summed E-state index contributed by atoms with van der Waals surface area (Å²) < 4.78 is 0. The Labute approximate surface area is 107 Å². The Morgan fingerprint density at radius 1 is 1.50 bits per heavy atom. The molecule has 1 saturated heterocycles. The van der Waals surface area contributed by atoms with Crippen molar-refractivity contribution in [2.75, 3.05) is 25.4 Å². The minimum Gasteiger partial charge on any atom is -0.384 e. The van der Waals surface area contributed by atoms with Crippen molar-refractivity contribution < 1.29 is 4.79 Å². The summed E-state index contributed by atoms with van der Waals surface area (Å²) in [5.74, 6) is 0.212. The molecule has 2 rings (SSSR count). The van der Waals surface area contributed by atoms with Crippen molar-refractivity contribution in [3.8, 4) is 0 Å². The van der Waals surface area contributed by atoms with Crippen molar-refractivity contribution in [3.63, 3.8) is 0 Å². The number of amides is 1. The quantitative estimate of drug-likeness (QED) is 0.829. The van der Waals surface area contributed by atoms with Crippen LogP contribution in [0.5, 0.6) is 0 Å². The first-order valence-corrected chi connectivity index (χ1v) is 6.41. The Hall–Kier alpha value is -1.62. The van der Waals surface area contributed by atoms with Crippen molar-refractivity contribution in [1.29, 1.82) is 0 Å². The van der Waals surface area contributed by atoms with Gasteiger partial charge in [-0.15, -0.1) is 0 Å². The van der Waals surface area contributed by atoms with Gasteiger partial charge in [-0.25, -0.2) is 4.98 Å². The summed E-state index contributed by atoms with van der Waals surface area (Å²) in [5, 5.41) is 2.90. The highest BCUT2D eigenvalue weighted by atomic mass is 16.1. The van der Waals surface area contributed by atoms with Crippen LogP contribution in [0.15, 0.2) is 18.2 Å². The number of nitrogens with one attached hydrogen (secondary N) is 1. The molecular weight excluding hydrogens is 228 g/mol. The Kier molecular flexibility index (Phi) is 4.15. The van der Waals surface area contributed by atoms with Crippen LogP contribution >= 0.6 is 0 Å². The molecule has 1 unspecified atom stereocenters. The van der Waals surface area contributed by atoms with E-state index in [4.69, 9.17) is 5.73 Å². The molecule has 98 valence electrons. The highest BCUT2D eigenvalue weighted by Crippen LogP contribution is 2.10. The molecule has 0 saturated carbocycles. The summed E-state index contributed by atoms with van der Waals surface area (Å²) >= 11 is 0. The molecule has 3 N–H and O–H groups in total. The van der Waals surface area contributed by atoms with Gasteiger partial charge in [-0.05, 0) is 45.0 Å². The standard InChI is InChI=1S/C13H20N4O/c1-10(17-7-2-3-8-17)9-15-13(18)11-5-4-6-12(14)16-11/h4-6,10H,2-3,7-9H2,1H3,(H2,14,16)(H,15,18). The summed E-state index contributed by atoms with van der Waals surface area (Å²) in [6.45, 7) is 5.05. The number of aromatic nitrogens is 1. The first-order valence-electron chi connectivity index (χ1n) is 6.41. The third-order valence-corrected chi connectivity index (χ3v) is 3.33. The molecule has 1 atom stereocenters. The second-order valence-corrected chi connectivity index (χ2v) is 4.75. The zero-order chi connectivity index (χ0) is 13.0. The van der Waals surface area contributed by atoms with Gasteiger partial charge in [0.2, 0.25) is 0 Å². The number of likely N-dealkylation sites (tertiary alicyclic amines) is 1. The molecule has 0 aliphatic carbocycles. The number of hydrogen-bond donors (Lipinski definition) is 2. The van der Waals surface area contributed by atoms with Gasteiger partial charge in [0.1, 0.15) is 11.5 Å². The van der Waals surface area contributed by atoms with E-state index in [1.807, 2.05) is 0 Å². The minimum absolute atomic E-state index is 0.159. The highest BCUT2D eigenvalue weighted by Gasteiger charge is 2.18. The predicted octanol–water partition coefficient (Wildman–Crippen LogP) is 0.878. The number of rotatable bonds is 4. The average Bonchev–Trinajstić information content (AvgIpc) is 2.89. The summed E-state index contributed by atoms with van der Waals surface area (Å²) in [4.78, 5) is 18.3. The molecule has 5 heteroatoms. The third kappa shape index (κ3) is 3.20. The van der Waals surface area contributed by atoms with Crippen molar-refractivity contribution >= 4 is 11.7 Å². The van der Waals surface area contributed by atoms with Crippen molar-refractivity contribution in [2.24, 2.45) is 0 Å². The molecule has 1 aromatic rings. The van der Waals surface area contributed by atoms with Gasteiger partial charge in [0, 0.05) is 12.6 Å². The second-order valence-electron chi connectivity index (χ2n) is 4.75. The van der Waals surface area contributed by atoms with Crippen LogP contribution in [0.25, 0.3) is 0 Å². The Morgan fingerprint density at radius 3 is 2.89 bits per heavy atom. The zero-order valence-corrected chi connectivity index (χ0v) is 10.7. The highest BCUT2D eigenvalue weighted by molar-refractivity contribution is 5.92. The normalized spacial score (nSPS) is 17.6. The minimum atomic E-state index is -0.159. The van der Waals surface area contributed by atoms with E-state index >= 15 is 0 Å². The van der Waals surface area contributed by atoms with Crippen molar-refractivity contribution in [2.45, 2.75) is 25.8 Å². The molecule has 1 aliphatic rings. The number of hydrogen-bond acceptors (Lipinski definition) is 4. The largest absolute Gasteiger partial charge is 0.384 e. The molecule has 0 aromatic carbocycles. The predicted molar refractivity (Wildman–Crippen MR) is 71.3 cm³/mol. The lowest BCUT2D eigenvalue weighted by Gasteiger charge is -2.23. The van der Waals surface area contributed by atoms with E-state index in [9.17, 15) is 4.79 Å². The van der Waals surface area contributed by atoms with Gasteiger partial charge in [0.05, 0.1) is 0 Å². The number of pyridine rings is 1. The fourth-order valence-corrected chi connectivity index (χ4v) is 2.22. The number of anilines is 1. The lowest BCUT2D eigenvalue weighted by Crippen LogP contribution is -2.40. The molecular formula is C13H20N4O. The molecule has 2 heterocycles. The topological polar surface area (TPSA) is 71.2 Å². The SMILES string of the molecule is CC(CNC(=O)c1cccc(N)n1)N1CCCC1. The van der Waals surface area contributed by atoms with Crippen LogP contribution in [0, 0.1) is 0 Å². The Balaban J connectivity index is 1.84. The molecule has 18 heavy (non-hydrogen) atoms. The van der Waals surface area contributed by atoms with Crippen LogP contribution in [0.2, 0.25) is 0 Å². The Bertz CT molecular complexity index is 415. The van der Waals surface area contributed by atoms with E-state index in [-0.39, 0.29) is 5.91 Å². The number of nitrogens with two attached hydrogens (primary N) is 1. The van der Waals surface area contributed by atoms with E-state index < -0.39 is 0 Å². The maximum absolute atomic E-state index is 11.9.